The molecule has 0 saturated carbocycles. The Labute approximate surface area is 148 Å². The zero-order valence-electron chi connectivity index (χ0n) is 14.0. The largest absolute Gasteiger partial charge is 0.550 e. The van der Waals surface area contributed by atoms with Crippen molar-refractivity contribution in [3.05, 3.63) is 70.5 Å². The molecule has 130 valence electrons. The van der Waals surface area contributed by atoms with Crippen molar-refractivity contribution in [2.24, 2.45) is 0 Å². The molecule has 3 rings (SSSR count). The van der Waals surface area contributed by atoms with Gasteiger partial charge in [0.25, 0.3) is 0 Å². The number of carbonyl (C=O) groups is 1. The molecule has 1 unspecified atom stereocenters. The summed E-state index contributed by atoms with van der Waals surface area (Å²) in [5.74, 6) is -1.54. The first kappa shape index (κ1) is 17.5. The fraction of sp³-hybridized carbons (Fsp3) is 0.250. The summed E-state index contributed by atoms with van der Waals surface area (Å²) in [6.07, 6.45) is 2.10. The fourth-order valence-corrected chi connectivity index (χ4v) is 3.96. The van der Waals surface area contributed by atoms with Gasteiger partial charge in [0.05, 0.1) is 0 Å². The average Bonchev–Trinajstić information content (AvgIpc) is 2.80. The van der Waals surface area contributed by atoms with Gasteiger partial charge in [-0.25, -0.2) is 4.39 Å². The molecule has 0 radical (unpaired) electrons. The maximum absolute atomic E-state index is 13.7. The van der Waals surface area contributed by atoms with E-state index < -0.39 is 16.8 Å². The smallest absolute Gasteiger partial charge is 0.123 e. The third kappa shape index (κ3) is 3.56. The van der Waals surface area contributed by atoms with Crippen LogP contribution in [0, 0.1) is 5.82 Å². The van der Waals surface area contributed by atoms with Gasteiger partial charge in [-0.05, 0) is 59.9 Å². The molecule has 0 bridgehead atoms. The van der Waals surface area contributed by atoms with Crippen molar-refractivity contribution in [2.75, 3.05) is 6.26 Å². The van der Waals surface area contributed by atoms with Crippen molar-refractivity contribution in [3.8, 4) is 0 Å². The van der Waals surface area contributed by atoms with E-state index in [1.807, 2.05) is 31.2 Å². The molecule has 3 nitrogen and oxygen atoms in total. The molecular weight excluding hydrogens is 339 g/mol. The third-order valence-electron chi connectivity index (χ3n) is 4.73. The van der Waals surface area contributed by atoms with Crippen LogP contribution in [-0.4, -0.2) is 16.4 Å². The highest BCUT2D eigenvalue weighted by molar-refractivity contribution is 7.84. The SMILES string of the molecule is CC1=C(CC(=O)[O-])c2cc(F)ccc2C1Cc1ccc([S@@](C)=O)cc1. The molecule has 5 heteroatoms. The number of benzene rings is 2. The van der Waals surface area contributed by atoms with Gasteiger partial charge in [0.2, 0.25) is 0 Å². The molecule has 0 saturated heterocycles. The van der Waals surface area contributed by atoms with Crippen LogP contribution in [0.4, 0.5) is 4.39 Å². The highest BCUT2D eigenvalue weighted by atomic mass is 32.2. The average molecular weight is 357 g/mol. The van der Waals surface area contributed by atoms with E-state index in [1.54, 1.807) is 12.3 Å². The standard InChI is InChI=1S/C20H19FO3S/c1-12-17(9-13-3-6-15(7-4-13)25(2)24)16-8-5-14(21)10-19(16)18(12)11-20(22)23/h3-8,10,17H,9,11H2,1-2H3,(H,22,23)/p-1/t17?,25-/m1/s1. The molecule has 0 aromatic heterocycles. The quantitative estimate of drug-likeness (QED) is 0.827. The van der Waals surface area contributed by atoms with Gasteiger partial charge in [-0.3, -0.25) is 4.21 Å². The normalized spacial score (nSPS) is 17.5. The molecule has 2 aromatic rings. The summed E-state index contributed by atoms with van der Waals surface area (Å²) in [6.45, 7) is 1.90. The molecule has 1 aliphatic rings. The van der Waals surface area contributed by atoms with Gasteiger partial charge < -0.3 is 9.90 Å². The number of hydrogen-bond acceptors (Lipinski definition) is 3. The summed E-state index contributed by atoms with van der Waals surface area (Å²) in [7, 11) is -1.02. The van der Waals surface area contributed by atoms with Crippen LogP contribution in [0.25, 0.3) is 5.57 Å². The predicted octanol–water partition coefficient (Wildman–Crippen LogP) is 2.82. The van der Waals surface area contributed by atoms with Crippen molar-refractivity contribution in [2.45, 2.75) is 30.6 Å². The third-order valence-corrected chi connectivity index (χ3v) is 5.67. The van der Waals surface area contributed by atoms with Gasteiger partial charge in [0, 0.05) is 40.3 Å². The maximum Gasteiger partial charge on any atom is 0.123 e. The second kappa shape index (κ2) is 6.92. The van der Waals surface area contributed by atoms with E-state index in [4.69, 9.17) is 0 Å². The maximum atomic E-state index is 13.7. The van der Waals surface area contributed by atoms with Gasteiger partial charge in [-0.15, -0.1) is 0 Å². The predicted molar refractivity (Wildman–Crippen MR) is 93.8 cm³/mol. The number of carboxylic acids is 1. The summed E-state index contributed by atoms with van der Waals surface area (Å²) in [5, 5.41) is 11.1. The first-order chi connectivity index (χ1) is 11.9. The van der Waals surface area contributed by atoms with Gasteiger partial charge in [-0.1, -0.05) is 23.8 Å². The minimum atomic E-state index is -1.17. The Kier molecular flexibility index (Phi) is 4.86. The molecule has 0 amide bonds. The van der Waals surface area contributed by atoms with E-state index in [2.05, 4.69) is 0 Å². The minimum Gasteiger partial charge on any atom is -0.550 e. The fourth-order valence-electron chi connectivity index (χ4n) is 3.44. The Balaban J connectivity index is 1.96. The van der Waals surface area contributed by atoms with Gasteiger partial charge in [0.1, 0.15) is 5.82 Å². The van der Waals surface area contributed by atoms with Crippen LogP contribution in [0.5, 0.6) is 0 Å². The van der Waals surface area contributed by atoms with Gasteiger partial charge >= 0.3 is 0 Å². The molecular formula is C20H18FO3S-. The Hall–Kier alpha value is -2.27. The Morgan fingerprint density at radius 1 is 1.20 bits per heavy atom. The lowest BCUT2D eigenvalue weighted by atomic mass is 9.90. The lowest BCUT2D eigenvalue weighted by Gasteiger charge is -2.15. The van der Waals surface area contributed by atoms with Gasteiger partial charge in [0.15, 0.2) is 0 Å². The van der Waals surface area contributed by atoms with Gasteiger partial charge in [-0.2, -0.15) is 0 Å². The van der Waals surface area contributed by atoms with Crippen molar-refractivity contribution < 1.29 is 18.5 Å². The molecule has 0 N–H and O–H groups in total. The molecule has 0 fully saturated rings. The number of hydrogen-bond donors (Lipinski definition) is 0. The van der Waals surface area contributed by atoms with Crippen LogP contribution in [0.2, 0.25) is 0 Å². The van der Waals surface area contributed by atoms with Crippen LogP contribution < -0.4 is 5.11 Å². The molecule has 1 aliphatic carbocycles. The monoisotopic (exact) mass is 357 g/mol. The second-order valence-electron chi connectivity index (χ2n) is 6.30. The lowest BCUT2D eigenvalue weighted by Crippen LogP contribution is -2.22. The van der Waals surface area contributed by atoms with E-state index in [-0.39, 0.29) is 18.2 Å². The van der Waals surface area contributed by atoms with Crippen LogP contribution in [0.3, 0.4) is 0 Å². The minimum absolute atomic E-state index is 0.00271. The molecule has 0 aliphatic heterocycles. The highest BCUT2D eigenvalue weighted by Gasteiger charge is 2.29. The van der Waals surface area contributed by atoms with Crippen LogP contribution in [-0.2, 0) is 22.0 Å². The van der Waals surface area contributed by atoms with Crippen LogP contribution >= 0.6 is 0 Å². The van der Waals surface area contributed by atoms with Crippen molar-refractivity contribution in [1.82, 2.24) is 0 Å². The van der Waals surface area contributed by atoms with E-state index in [0.29, 0.717) is 17.6 Å². The van der Waals surface area contributed by atoms with E-state index in [0.717, 1.165) is 21.6 Å². The molecule has 0 heterocycles. The zero-order valence-corrected chi connectivity index (χ0v) is 14.9. The number of allylic oxidation sites excluding steroid dienone is 1. The van der Waals surface area contributed by atoms with Crippen LogP contribution in [0.1, 0.15) is 36.0 Å². The molecule has 2 aromatic carbocycles. The summed E-state index contributed by atoms with van der Waals surface area (Å²) in [5.41, 5.74) is 4.25. The number of carbonyl (C=O) groups excluding carboxylic acids is 1. The lowest BCUT2D eigenvalue weighted by molar-refractivity contribution is -0.304. The first-order valence-corrected chi connectivity index (χ1v) is 9.54. The summed E-state index contributed by atoms with van der Waals surface area (Å²) in [4.78, 5) is 11.9. The van der Waals surface area contributed by atoms with E-state index >= 15 is 0 Å². The number of halogens is 1. The number of rotatable bonds is 5. The highest BCUT2D eigenvalue weighted by Crippen LogP contribution is 2.44. The molecule has 2 atom stereocenters. The number of aliphatic carboxylic acids is 1. The van der Waals surface area contributed by atoms with E-state index in [1.165, 1.54) is 12.1 Å². The Morgan fingerprint density at radius 3 is 2.48 bits per heavy atom. The van der Waals surface area contributed by atoms with Crippen molar-refractivity contribution >= 4 is 22.3 Å². The Bertz CT molecular complexity index is 884. The van der Waals surface area contributed by atoms with E-state index in [9.17, 15) is 18.5 Å². The molecule has 0 spiro atoms. The number of carboxylic acid groups (broad SMARTS) is 1. The first-order valence-electron chi connectivity index (χ1n) is 7.98. The summed E-state index contributed by atoms with van der Waals surface area (Å²) >= 11 is 0. The summed E-state index contributed by atoms with van der Waals surface area (Å²) < 4.78 is 25.2. The van der Waals surface area contributed by atoms with Crippen molar-refractivity contribution in [1.29, 1.82) is 0 Å². The number of fused-ring (bicyclic) bond motifs is 1. The van der Waals surface area contributed by atoms with Crippen molar-refractivity contribution in [3.63, 3.8) is 0 Å². The topological polar surface area (TPSA) is 57.2 Å². The second-order valence-corrected chi connectivity index (χ2v) is 7.68. The van der Waals surface area contributed by atoms with Crippen LogP contribution in [0.15, 0.2) is 52.9 Å². The summed E-state index contributed by atoms with van der Waals surface area (Å²) in [6, 6.07) is 12.1. The molecule has 25 heavy (non-hydrogen) atoms. The Morgan fingerprint density at radius 2 is 1.88 bits per heavy atom. The zero-order chi connectivity index (χ0) is 18.1.